The fourth-order valence-electron chi connectivity index (χ4n) is 2.23. The number of nitrogens with zero attached hydrogens (tertiary/aromatic N) is 4. The molecule has 2 aromatic rings. The quantitative estimate of drug-likeness (QED) is 0.914. The van der Waals surface area contributed by atoms with Gasteiger partial charge in [0.15, 0.2) is 0 Å². The molecule has 6 heteroatoms. The van der Waals surface area contributed by atoms with Gasteiger partial charge in [0.1, 0.15) is 11.6 Å². The molecule has 0 unspecified atom stereocenters. The second-order valence-electron chi connectivity index (χ2n) is 4.25. The lowest BCUT2D eigenvalue weighted by atomic mass is 10.2. The molecule has 0 bridgehead atoms. The third-order valence-electron chi connectivity index (χ3n) is 3.12. The molecule has 2 aromatic heterocycles. The number of anilines is 1. The molecule has 1 aliphatic heterocycles. The molecule has 0 saturated carbocycles. The highest BCUT2D eigenvalue weighted by Gasteiger charge is 2.20. The number of fused-ring (bicyclic) bond motifs is 1. The van der Waals surface area contributed by atoms with Crippen molar-refractivity contribution in [2.45, 2.75) is 19.7 Å². The van der Waals surface area contributed by atoms with Crippen LogP contribution >= 0.6 is 15.9 Å². The molecule has 0 saturated heterocycles. The molecule has 0 atom stereocenters. The Kier molecular flexibility index (Phi) is 3.05. The summed E-state index contributed by atoms with van der Waals surface area (Å²) >= 11 is 3.37. The van der Waals surface area contributed by atoms with E-state index in [2.05, 4.69) is 35.4 Å². The molecule has 0 radical (unpaired) electrons. The van der Waals surface area contributed by atoms with Crippen LogP contribution in [0, 0.1) is 0 Å². The van der Waals surface area contributed by atoms with E-state index in [1.54, 1.807) is 6.20 Å². The average molecular weight is 309 g/mol. The van der Waals surface area contributed by atoms with Crippen LogP contribution in [0.15, 0.2) is 29.1 Å². The minimum absolute atomic E-state index is 0.00723. The van der Waals surface area contributed by atoms with Crippen molar-refractivity contribution in [2.24, 2.45) is 0 Å². The fourth-order valence-corrected chi connectivity index (χ4v) is 2.61. The highest BCUT2D eigenvalue weighted by atomic mass is 79.9. The summed E-state index contributed by atoms with van der Waals surface area (Å²) in [4.78, 5) is 10.9. The average Bonchev–Trinajstić information content (AvgIpc) is 2.85. The summed E-state index contributed by atoms with van der Waals surface area (Å²) in [5.41, 5.74) is 0.837. The Balaban J connectivity index is 1.93. The van der Waals surface area contributed by atoms with Crippen LogP contribution in [0.2, 0.25) is 0 Å². The summed E-state index contributed by atoms with van der Waals surface area (Å²) in [6.45, 7) is 2.50. The number of pyridine rings is 1. The van der Waals surface area contributed by atoms with Gasteiger partial charge in [-0.2, -0.15) is 0 Å². The summed E-state index contributed by atoms with van der Waals surface area (Å²) < 4.78 is 3.03. The van der Waals surface area contributed by atoms with Crippen molar-refractivity contribution in [1.82, 2.24) is 14.5 Å². The molecule has 0 spiro atoms. The lowest BCUT2D eigenvalue weighted by molar-refractivity contribution is 0.281. The molecule has 0 aliphatic carbocycles. The maximum absolute atomic E-state index is 9.42. The summed E-state index contributed by atoms with van der Waals surface area (Å²) in [7, 11) is 0. The second kappa shape index (κ2) is 4.70. The topological polar surface area (TPSA) is 54.2 Å². The SMILES string of the molecule is OCc1cc(Br)cnc1N1CCn2ccnc2C1. The van der Waals surface area contributed by atoms with Gasteiger partial charge in [-0.1, -0.05) is 0 Å². The molecular formula is C12H13BrN4O. The second-order valence-corrected chi connectivity index (χ2v) is 5.17. The Labute approximate surface area is 113 Å². The highest BCUT2D eigenvalue weighted by molar-refractivity contribution is 9.10. The first kappa shape index (κ1) is 11.7. The monoisotopic (exact) mass is 308 g/mol. The summed E-state index contributed by atoms with van der Waals surface area (Å²) in [6.07, 6.45) is 5.57. The van der Waals surface area contributed by atoms with Crippen molar-refractivity contribution in [3.05, 3.63) is 40.5 Å². The minimum Gasteiger partial charge on any atom is -0.392 e. The van der Waals surface area contributed by atoms with Crippen LogP contribution in [-0.4, -0.2) is 26.2 Å². The first-order valence-electron chi connectivity index (χ1n) is 5.78. The summed E-state index contributed by atoms with van der Waals surface area (Å²) in [5, 5.41) is 9.42. The normalized spacial score (nSPS) is 14.7. The van der Waals surface area contributed by atoms with E-state index in [0.29, 0.717) is 0 Å². The number of aliphatic hydroxyl groups excluding tert-OH is 1. The molecule has 1 aliphatic rings. The molecule has 1 N–H and O–H groups in total. The van der Waals surface area contributed by atoms with Crippen LogP contribution in [0.5, 0.6) is 0 Å². The lowest BCUT2D eigenvalue weighted by Crippen LogP contribution is -2.34. The molecule has 18 heavy (non-hydrogen) atoms. The van der Waals surface area contributed by atoms with Gasteiger partial charge in [0.05, 0.1) is 13.2 Å². The Hall–Kier alpha value is -1.40. The number of aromatic nitrogens is 3. The van der Waals surface area contributed by atoms with Gasteiger partial charge in [0.2, 0.25) is 0 Å². The molecule has 94 valence electrons. The summed E-state index contributed by atoms with van der Waals surface area (Å²) in [6, 6.07) is 1.91. The van der Waals surface area contributed by atoms with E-state index >= 15 is 0 Å². The predicted octanol–water partition coefficient (Wildman–Crippen LogP) is 1.55. The van der Waals surface area contributed by atoms with Gasteiger partial charge in [-0.05, 0) is 22.0 Å². The zero-order valence-corrected chi connectivity index (χ0v) is 11.3. The largest absolute Gasteiger partial charge is 0.392 e. The maximum atomic E-state index is 9.42. The van der Waals surface area contributed by atoms with E-state index in [0.717, 1.165) is 41.3 Å². The molecule has 3 heterocycles. The van der Waals surface area contributed by atoms with Gasteiger partial charge in [-0.15, -0.1) is 0 Å². The van der Waals surface area contributed by atoms with Gasteiger partial charge in [-0.25, -0.2) is 9.97 Å². The van der Waals surface area contributed by atoms with Gasteiger partial charge in [0, 0.05) is 41.7 Å². The van der Waals surface area contributed by atoms with Crippen molar-refractivity contribution in [3.8, 4) is 0 Å². The molecule has 5 nitrogen and oxygen atoms in total. The third kappa shape index (κ3) is 2.02. The zero-order chi connectivity index (χ0) is 12.5. The Morgan fingerprint density at radius 3 is 3.06 bits per heavy atom. The van der Waals surface area contributed by atoms with Crippen LogP contribution in [0.3, 0.4) is 0 Å². The smallest absolute Gasteiger partial charge is 0.134 e. The van der Waals surface area contributed by atoms with E-state index in [4.69, 9.17) is 0 Å². The molecule has 0 fully saturated rings. The summed E-state index contributed by atoms with van der Waals surface area (Å²) in [5.74, 6) is 1.88. The number of hydrogen-bond acceptors (Lipinski definition) is 4. The van der Waals surface area contributed by atoms with E-state index in [1.165, 1.54) is 0 Å². The Morgan fingerprint density at radius 1 is 1.33 bits per heavy atom. The highest BCUT2D eigenvalue weighted by Crippen LogP contribution is 2.24. The number of rotatable bonds is 2. The van der Waals surface area contributed by atoms with Gasteiger partial charge >= 0.3 is 0 Å². The zero-order valence-electron chi connectivity index (χ0n) is 9.75. The van der Waals surface area contributed by atoms with Gasteiger partial charge in [-0.3, -0.25) is 0 Å². The molecule has 3 rings (SSSR count). The fraction of sp³-hybridized carbons (Fsp3) is 0.333. The van der Waals surface area contributed by atoms with Crippen molar-refractivity contribution in [2.75, 3.05) is 11.4 Å². The Morgan fingerprint density at radius 2 is 2.22 bits per heavy atom. The predicted molar refractivity (Wildman–Crippen MR) is 71.1 cm³/mol. The third-order valence-corrected chi connectivity index (χ3v) is 3.56. The number of halogens is 1. The van der Waals surface area contributed by atoms with Crippen molar-refractivity contribution in [1.29, 1.82) is 0 Å². The Bertz CT molecular complexity index is 569. The molecule has 0 amide bonds. The number of hydrogen-bond donors (Lipinski definition) is 1. The van der Waals surface area contributed by atoms with Crippen molar-refractivity contribution in [3.63, 3.8) is 0 Å². The molecule has 0 aromatic carbocycles. The van der Waals surface area contributed by atoms with E-state index in [9.17, 15) is 5.11 Å². The standard InChI is InChI=1S/C12H13BrN4O/c13-10-5-9(8-18)12(15-6-10)17-4-3-16-2-1-14-11(16)7-17/h1-2,5-6,18H,3-4,7-8H2. The van der Waals surface area contributed by atoms with E-state index in [1.807, 2.05) is 18.5 Å². The number of imidazole rings is 1. The van der Waals surface area contributed by atoms with Crippen LogP contribution in [-0.2, 0) is 19.7 Å². The van der Waals surface area contributed by atoms with E-state index in [-0.39, 0.29) is 6.61 Å². The van der Waals surface area contributed by atoms with Crippen LogP contribution in [0.1, 0.15) is 11.4 Å². The first-order chi connectivity index (χ1) is 8.78. The van der Waals surface area contributed by atoms with Crippen LogP contribution in [0.25, 0.3) is 0 Å². The van der Waals surface area contributed by atoms with Crippen molar-refractivity contribution >= 4 is 21.7 Å². The first-order valence-corrected chi connectivity index (χ1v) is 6.57. The van der Waals surface area contributed by atoms with Crippen LogP contribution < -0.4 is 4.90 Å². The van der Waals surface area contributed by atoms with Gasteiger partial charge < -0.3 is 14.6 Å². The molecular weight excluding hydrogens is 296 g/mol. The van der Waals surface area contributed by atoms with Crippen LogP contribution in [0.4, 0.5) is 5.82 Å². The van der Waals surface area contributed by atoms with E-state index < -0.39 is 0 Å². The minimum atomic E-state index is -0.00723. The van der Waals surface area contributed by atoms with Crippen molar-refractivity contribution < 1.29 is 5.11 Å². The van der Waals surface area contributed by atoms with Gasteiger partial charge in [0.25, 0.3) is 0 Å². The maximum Gasteiger partial charge on any atom is 0.134 e. The number of aliphatic hydroxyl groups is 1. The lowest BCUT2D eigenvalue weighted by Gasteiger charge is -2.29.